The number of carbonyl (C=O) groups excluding carboxylic acids is 1. The van der Waals surface area contributed by atoms with Gasteiger partial charge in [0, 0.05) is 11.3 Å². The summed E-state index contributed by atoms with van der Waals surface area (Å²) in [7, 11) is 0. The standard InChI is InChI=1S/C9H20N2OS/c1-5-10-6-8(12)11-7-9(2,3)13-4/h10H,5-7H2,1-4H3,(H,11,12). The number of rotatable bonds is 6. The van der Waals surface area contributed by atoms with E-state index >= 15 is 0 Å². The molecule has 0 unspecified atom stereocenters. The number of nitrogens with one attached hydrogen (secondary N) is 2. The molecule has 2 N–H and O–H groups in total. The lowest BCUT2D eigenvalue weighted by Gasteiger charge is -2.22. The Morgan fingerprint density at radius 3 is 2.54 bits per heavy atom. The van der Waals surface area contributed by atoms with Gasteiger partial charge in [-0.1, -0.05) is 6.92 Å². The Morgan fingerprint density at radius 1 is 1.46 bits per heavy atom. The molecule has 0 saturated heterocycles. The van der Waals surface area contributed by atoms with Crippen LogP contribution in [-0.4, -0.2) is 36.5 Å². The molecule has 1 amide bonds. The average Bonchev–Trinajstić information content (AvgIpc) is 2.11. The van der Waals surface area contributed by atoms with Gasteiger partial charge in [0.25, 0.3) is 0 Å². The molecule has 0 aromatic carbocycles. The second-order valence-corrected chi connectivity index (χ2v) is 5.03. The first-order chi connectivity index (χ1) is 6.02. The minimum Gasteiger partial charge on any atom is -0.354 e. The number of thioether (sulfide) groups is 1. The van der Waals surface area contributed by atoms with Gasteiger partial charge in [0.05, 0.1) is 6.54 Å². The van der Waals surface area contributed by atoms with E-state index in [1.165, 1.54) is 0 Å². The van der Waals surface area contributed by atoms with Crippen molar-refractivity contribution in [2.24, 2.45) is 0 Å². The van der Waals surface area contributed by atoms with Crippen molar-refractivity contribution in [2.75, 3.05) is 25.9 Å². The number of carbonyl (C=O) groups is 1. The molecule has 0 radical (unpaired) electrons. The number of amides is 1. The Balaban J connectivity index is 3.57. The van der Waals surface area contributed by atoms with E-state index in [4.69, 9.17) is 0 Å². The summed E-state index contributed by atoms with van der Waals surface area (Å²) in [5, 5.41) is 5.87. The number of likely N-dealkylation sites (N-methyl/N-ethyl adjacent to an activating group) is 1. The minimum absolute atomic E-state index is 0.0731. The Hall–Kier alpha value is -0.220. The second-order valence-electron chi connectivity index (χ2n) is 3.52. The Labute approximate surface area is 85.0 Å². The molecule has 3 nitrogen and oxygen atoms in total. The maximum atomic E-state index is 11.2. The Bertz CT molecular complexity index is 160. The van der Waals surface area contributed by atoms with Crippen molar-refractivity contribution in [1.82, 2.24) is 10.6 Å². The zero-order valence-electron chi connectivity index (χ0n) is 8.94. The van der Waals surface area contributed by atoms with Crippen LogP contribution in [0, 0.1) is 0 Å². The predicted molar refractivity (Wildman–Crippen MR) is 59.1 cm³/mol. The van der Waals surface area contributed by atoms with Gasteiger partial charge in [0.1, 0.15) is 0 Å². The molecule has 0 spiro atoms. The minimum atomic E-state index is 0.0731. The molecular formula is C9H20N2OS. The Morgan fingerprint density at radius 2 is 2.08 bits per heavy atom. The third-order valence-corrected chi connectivity index (χ3v) is 3.05. The molecule has 0 fully saturated rings. The molecule has 0 rings (SSSR count). The van der Waals surface area contributed by atoms with Crippen molar-refractivity contribution in [3.05, 3.63) is 0 Å². The largest absolute Gasteiger partial charge is 0.354 e. The zero-order chi connectivity index (χ0) is 10.3. The Kier molecular flexibility index (Phi) is 6.16. The van der Waals surface area contributed by atoms with Gasteiger partial charge in [-0.15, -0.1) is 0 Å². The third kappa shape index (κ3) is 6.90. The second kappa shape index (κ2) is 6.27. The van der Waals surface area contributed by atoms with Crippen LogP contribution in [-0.2, 0) is 4.79 Å². The van der Waals surface area contributed by atoms with Gasteiger partial charge in [0.2, 0.25) is 5.91 Å². The summed E-state index contributed by atoms with van der Waals surface area (Å²) in [6.07, 6.45) is 2.05. The summed E-state index contributed by atoms with van der Waals surface area (Å²) in [6, 6.07) is 0. The summed E-state index contributed by atoms with van der Waals surface area (Å²) in [6.45, 7) is 8.19. The summed E-state index contributed by atoms with van der Waals surface area (Å²) in [5.74, 6) is 0.0731. The van der Waals surface area contributed by atoms with Crippen LogP contribution in [0.25, 0.3) is 0 Å². The van der Waals surface area contributed by atoms with E-state index in [-0.39, 0.29) is 10.7 Å². The summed E-state index contributed by atoms with van der Waals surface area (Å²) in [4.78, 5) is 11.2. The van der Waals surface area contributed by atoms with Crippen molar-refractivity contribution in [3.63, 3.8) is 0 Å². The van der Waals surface area contributed by atoms with E-state index in [1.807, 2.05) is 6.92 Å². The smallest absolute Gasteiger partial charge is 0.234 e. The van der Waals surface area contributed by atoms with Crippen molar-refractivity contribution >= 4 is 17.7 Å². The monoisotopic (exact) mass is 204 g/mol. The quantitative estimate of drug-likeness (QED) is 0.674. The number of hydrogen-bond donors (Lipinski definition) is 2. The van der Waals surface area contributed by atoms with E-state index in [0.717, 1.165) is 13.1 Å². The van der Waals surface area contributed by atoms with Gasteiger partial charge in [-0.3, -0.25) is 4.79 Å². The molecule has 13 heavy (non-hydrogen) atoms. The first-order valence-electron chi connectivity index (χ1n) is 4.54. The molecule has 0 aliphatic heterocycles. The highest BCUT2D eigenvalue weighted by atomic mass is 32.2. The van der Waals surface area contributed by atoms with Crippen LogP contribution in [0.1, 0.15) is 20.8 Å². The van der Waals surface area contributed by atoms with Gasteiger partial charge in [-0.05, 0) is 26.6 Å². The molecule has 0 saturated carbocycles. The first-order valence-corrected chi connectivity index (χ1v) is 5.77. The topological polar surface area (TPSA) is 41.1 Å². The normalized spacial score (nSPS) is 11.4. The van der Waals surface area contributed by atoms with Crippen molar-refractivity contribution in [1.29, 1.82) is 0 Å². The summed E-state index contributed by atoms with van der Waals surface area (Å²) >= 11 is 1.76. The first kappa shape index (κ1) is 12.8. The molecule has 0 atom stereocenters. The van der Waals surface area contributed by atoms with Gasteiger partial charge in [0.15, 0.2) is 0 Å². The van der Waals surface area contributed by atoms with Crippen LogP contribution in [0.2, 0.25) is 0 Å². The fourth-order valence-corrected chi connectivity index (χ4v) is 0.901. The number of hydrogen-bond acceptors (Lipinski definition) is 3. The highest BCUT2D eigenvalue weighted by Crippen LogP contribution is 2.19. The van der Waals surface area contributed by atoms with Crippen LogP contribution in [0.5, 0.6) is 0 Å². The molecule has 0 aliphatic carbocycles. The highest BCUT2D eigenvalue weighted by Gasteiger charge is 2.16. The van der Waals surface area contributed by atoms with Crippen LogP contribution in [0.4, 0.5) is 0 Å². The van der Waals surface area contributed by atoms with E-state index < -0.39 is 0 Å². The summed E-state index contributed by atoms with van der Waals surface area (Å²) < 4.78 is 0.127. The van der Waals surface area contributed by atoms with E-state index in [9.17, 15) is 4.79 Å². The van der Waals surface area contributed by atoms with Gasteiger partial charge in [-0.2, -0.15) is 11.8 Å². The predicted octanol–water partition coefficient (Wildman–Crippen LogP) is 0.854. The molecule has 0 heterocycles. The van der Waals surface area contributed by atoms with Gasteiger partial charge >= 0.3 is 0 Å². The van der Waals surface area contributed by atoms with Gasteiger partial charge < -0.3 is 10.6 Å². The fourth-order valence-electron chi connectivity index (χ4n) is 0.685. The zero-order valence-corrected chi connectivity index (χ0v) is 9.75. The lowest BCUT2D eigenvalue weighted by atomic mass is 10.2. The van der Waals surface area contributed by atoms with E-state index in [2.05, 4.69) is 30.7 Å². The SMILES string of the molecule is CCNCC(=O)NCC(C)(C)SC. The maximum absolute atomic E-state index is 11.2. The highest BCUT2D eigenvalue weighted by molar-refractivity contribution is 7.99. The van der Waals surface area contributed by atoms with Gasteiger partial charge in [-0.25, -0.2) is 0 Å². The van der Waals surface area contributed by atoms with Crippen LogP contribution in [0.3, 0.4) is 0 Å². The average molecular weight is 204 g/mol. The molecular weight excluding hydrogens is 184 g/mol. The molecule has 0 aliphatic rings. The van der Waals surface area contributed by atoms with Crippen molar-refractivity contribution in [3.8, 4) is 0 Å². The maximum Gasteiger partial charge on any atom is 0.234 e. The summed E-state index contributed by atoms with van der Waals surface area (Å²) in [5.41, 5.74) is 0. The molecule has 4 heteroatoms. The van der Waals surface area contributed by atoms with Crippen LogP contribution in [0.15, 0.2) is 0 Å². The lowest BCUT2D eigenvalue weighted by molar-refractivity contribution is -0.120. The van der Waals surface area contributed by atoms with E-state index in [1.54, 1.807) is 11.8 Å². The fraction of sp³-hybridized carbons (Fsp3) is 0.889. The van der Waals surface area contributed by atoms with Crippen LogP contribution >= 0.6 is 11.8 Å². The lowest BCUT2D eigenvalue weighted by Crippen LogP contribution is -2.40. The van der Waals surface area contributed by atoms with Crippen molar-refractivity contribution < 1.29 is 4.79 Å². The molecule has 0 aromatic rings. The molecule has 0 aromatic heterocycles. The third-order valence-electron chi connectivity index (χ3n) is 1.80. The molecule has 78 valence electrons. The van der Waals surface area contributed by atoms with Crippen molar-refractivity contribution in [2.45, 2.75) is 25.5 Å². The van der Waals surface area contributed by atoms with E-state index in [0.29, 0.717) is 6.54 Å². The molecule has 0 bridgehead atoms. The van der Waals surface area contributed by atoms with Crippen LogP contribution < -0.4 is 10.6 Å².